The van der Waals surface area contributed by atoms with Crippen LogP contribution in [0.1, 0.15) is 0 Å². The Hall–Kier alpha value is -1.17. The van der Waals surface area contributed by atoms with E-state index >= 15 is 0 Å². The fourth-order valence-corrected chi connectivity index (χ4v) is 1.21. The largest absolute Gasteiger partial charge is 0.356 e. The molecule has 0 rings (SSSR count). The van der Waals surface area contributed by atoms with Gasteiger partial charge in [-0.1, -0.05) is 6.08 Å². The second-order valence-corrected chi connectivity index (χ2v) is 4.53. The fraction of sp³-hybridized carbons (Fsp3) is 0.636. The van der Waals surface area contributed by atoms with Crippen molar-refractivity contribution in [2.45, 2.75) is 0 Å². The average Bonchev–Trinajstić information content (AvgIpc) is 2.31. The lowest BCUT2D eigenvalue weighted by Gasteiger charge is -2.12. The van der Waals surface area contributed by atoms with Crippen molar-refractivity contribution in [2.24, 2.45) is 4.99 Å². The summed E-state index contributed by atoms with van der Waals surface area (Å²) in [6, 6.07) is 0. The molecule has 17 heavy (non-hydrogen) atoms. The number of carbonyl (C=O) groups excluding carboxylic acids is 1. The maximum Gasteiger partial charge on any atom is 0.243 e. The van der Waals surface area contributed by atoms with E-state index in [1.807, 2.05) is 6.26 Å². The van der Waals surface area contributed by atoms with E-state index in [9.17, 15) is 4.79 Å². The maximum absolute atomic E-state index is 11.4. The normalized spacial score (nSPS) is 10.9. The highest BCUT2D eigenvalue weighted by atomic mass is 32.2. The summed E-state index contributed by atoms with van der Waals surface area (Å²) in [5.74, 6) is 1.62. The number of guanidine groups is 1. The van der Waals surface area contributed by atoms with E-state index < -0.39 is 0 Å². The van der Waals surface area contributed by atoms with Crippen LogP contribution in [0.25, 0.3) is 0 Å². The van der Waals surface area contributed by atoms with Gasteiger partial charge in [0.2, 0.25) is 5.91 Å². The molecule has 0 bridgehead atoms. The van der Waals surface area contributed by atoms with Crippen LogP contribution in [0.2, 0.25) is 0 Å². The van der Waals surface area contributed by atoms with Gasteiger partial charge in [-0.3, -0.25) is 4.79 Å². The molecule has 0 aliphatic heterocycles. The first-order valence-electron chi connectivity index (χ1n) is 5.44. The van der Waals surface area contributed by atoms with Crippen molar-refractivity contribution in [3.63, 3.8) is 0 Å². The Labute approximate surface area is 108 Å². The van der Waals surface area contributed by atoms with Crippen LogP contribution in [0.5, 0.6) is 0 Å². The highest BCUT2D eigenvalue weighted by molar-refractivity contribution is 7.98. The molecule has 5 nitrogen and oxygen atoms in total. The molecule has 0 saturated carbocycles. The predicted molar refractivity (Wildman–Crippen MR) is 75.6 cm³/mol. The number of hydrogen-bond donors (Lipinski definition) is 2. The van der Waals surface area contributed by atoms with E-state index in [2.05, 4.69) is 22.2 Å². The number of aliphatic imine (C=N–C) groups is 1. The average molecular weight is 258 g/mol. The van der Waals surface area contributed by atoms with Crippen molar-refractivity contribution in [2.75, 3.05) is 45.7 Å². The summed E-state index contributed by atoms with van der Waals surface area (Å²) < 4.78 is 0. The highest BCUT2D eigenvalue weighted by Crippen LogP contribution is 1.87. The first-order valence-corrected chi connectivity index (χ1v) is 6.83. The molecule has 0 radical (unpaired) electrons. The van der Waals surface area contributed by atoms with Crippen LogP contribution in [0.4, 0.5) is 0 Å². The Morgan fingerprint density at radius 2 is 2.18 bits per heavy atom. The molecular formula is C11H22N4OS. The van der Waals surface area contributed by atoms with Gasteiger partial charge in [0.1, 0.15) is 6.54 Å². The standard InChI is InChI=1S/C11H22N4OS/c1-5-6-12-11(13-7-8-17-4)14-9-10(16)15(2)3/h5H,1,6-9H2,2-4H3,(H2,12,13,14). The molecule has 0 aromatic carbocycles. The van der Waals surface area contributed by atoms with Crippen LogP contribution in [0.3, 0.4) is 0 Å². The zero-order valence-electron chi connectivity index (χ0n) is 10.8. The molecule has 98 valence electrons. The molecule has 6 heteroatoms. The lowest BCUT2D eigenvalue weighted by Crippen LogP contribution is -2.39. The van der Waals surface area contributed by atoms with Gasteiger partial charge in [0.05, 0.1) is 0 Å². The van der Waals surface area contributed by atoms with Crippen LogP contribution in [-0.2, 0) is 4.79 Å². The molecule has 0 aromatic heterocycles. The smallest absolute Gasteiger partial charge is 0.243 e. The minimum Gasteiger partial charge on any atom is -0.356 e. The van der Waals surface area contributed by atoms with Gasteiger partial charge in [-0.15, -0.1) is 6.58 Å². The lowest BCUT2D eigenvalue weighted by atomic mass is 10.5. The van der Waals surface area contributed by atoms with Gasteiger partial charge < -0.3 is 15.5 Å². The molecule has 2 N–H and O–H groups in total. The Kier molecular flexibility index (Phi) is 9.33. The number of amides is 1. The highest BCUT2D eigenvalue weighted by Gasteiger charge is 2.03. The van der Waals surface area contributed by atoms with E-state index in [0.717, 1.165) is 12.3 Å². The Morgan fingerprint density at radius 3 is 2.71 bits per heavy atom. The number of nitrogens with one attached hydrogen (secondary N) is 2. The topological polar surface area (TPSA) is 56.7 Å². The number of likely N-dealkylation sites (N-methyl/N-ethyl adjacent to an activating group) is 1. The quantitative estimate of drug-likeness (QED) is 0.296. The van der Waals surface area contributed by atoms with Gasteiger partial charge in [-0.25, -0.2) is 4.99 Å². The third-order valence-corrected chi connectivity index (χ3v) is 2.50. The SMILES string of the molecule is C=CCNC(=NCC(=O)N(C)C)NCCSC. The zero-order chi connectivity index (χ0) is 13.1. The van der Waals surface area contributed by atoms with Crippen molar-refractivity contribution < 1.29 is 4.79 Å². The van der Waals surface area contributed by atoms with E-state index in [0.29, 0.717) is 12.5 Å². The van der Waals surface area contributed by atoms with Crippen molar-refractivity contribution in [3.05, 3.63) is 12.7 Å². The van der Waals surface area contributed by atoms with Gasteiger partial charge in [0.25, 0.3) is 0 Å². The van der Waals surface area contributed by atoms with Gasteiger partial charge in [0.15, 0.2) is 5.96 Å². The molecule has 0 fully saturated rings. The predicted octanol–water partition coefficient (Wildman–Crippen LogP) is 0.159. The molecule has 0 aliphatic carbocycles. The second-order valence-electron chi connectivity index (χ2n) is 3.54. The molecular weight excluding hydrogens is 236 g/mol. The van der Waals surface area contributed by atoms with E-state index in [1.54, 1.807) is 31.9 Å². The first kappa shape index (κ1) is 15.8. The number of nitrogens with zero attached hydrogens (tertiary/aromatic N) is 2. The van der Waals surface area contributed by atoms with Crippen molar-refractivity contribution in [1.82, 2.24) is 15.5 Å². The van der Waals surface area contributed by atoms with E-state index in [4.69, 9.17) is 0 Å². The summed E-state index contributed by atoms with van der Waals surface area (Å²) >= 11 is 1.76. The fourth-order valence-electron chi connectivity index (χ4n) is 0.903. The molecule has 0 aliphatic rings. The van der Waals surface area contributed by atoms with Crippen molar-refractivity contribution >= 4 is 23.6 Å². The monoisotopic (exact) mass is 258 g/mol. The van der Waals surface area contributed by atoms with Crippen LogP contribution < -0.4 is 10.6 Å². The molecule has 1 amide bonds. The summed E-state index contributed by atoms with van der Waals surface area (Å²) in [5, 5.41) is 6.21. The third kappa shape index (κ3) is 8.62. The zero-order valence-corrected chi connectivity index (χ0v) is 11.6. The van der Waals surface area contributed by atoms with Crippen molar-refractivity contribution in [3.8, 4) is 0 Å². The van der Waals surface area contributed by atoms with Crippen LogP contribution >= 0.6 is 11.8 Å². The minimum absolute atomic E-state index is 0.0189. The Morgan fingerprint density at radius 1 is 1.47 bits per heavy atom. The summed E-state index contributed by atoms with van der Waals surface area (Å²) in [6.45, 7) is 5.23. The number of carbonyl (C=O) groups is 1. The molecule has 0 aromatic rings. The minimum atomic E-state index is -0.0189. The number of rotatable bonds is 7. The van der Waals surface area contributed by atoms with E-state index in [1.165, 1.54) is 4.90 Å². The summed E-state index contributed by atoms with van der Waals surface area (Å²) in [5.41, 5.74) is 0. The van der Waals surface area contributed by atoms with Crippen LogP contribution in [-0.4, -0.2) is 62.5 Å². The molecule has 0 unspecified atom stereocenters. The molecule has 0 saturated heterocycles. The molecule has 0 spiro atoms. The lowest BCUT2D eigenvalue weighted by molar-refractivity contribution is -0.127. The van der Waals surface area contributed by atoms with Crippen molar-refractivity contribution in [1.29, 1.82) is 0 Å². The van der Waals surface area contributed by atoms with Gasteiger partial charge >= 0.3 is 0 Å². The molecule has 0 heterocycles. The second kappa shape index (κ2) is 10.0. The number of hydrogen-bond acceptors (Lipinski definition) is 3. The third-order valence-electron chi connectivity index (χ3n) is 1.88. The first-order chi connectivity index (χ1) is 8.11. The van der Waals surface area contributed by atoms with Crippen LogP contribution in [0, 0.1) is 0 Å². The maximum atomic E-state index is 11.4. The molecule has 0 atom stereocenters. The number of thioether (sulfide) groups is 1. The summed E-state index contributed by atoms with van der Waals surface area (Å²) in [6.07, 6.45) is 3.80. The van der Waals surface area contributed by atoms with Gasteiger partial charge in [-0.05, 0) is 6.26 Å². The summed E-state index contributed by atoms with van der Waals surface area (Å²) in [4.78, 5) is 17.1. The summed E-state index contributed by atoms with van der Waals surface area (Å²) in [7, 11) is 3.44. The van der Waals surface area contributed by atoms with Gasteiger partial charge in [0, 0.05) is 32.9 Å². The Balaban J connectivity index is 4.18. The van der Waals surface area contributed by atoms with Crippen LogP contribution in [0.15, 0.2) is 17.6 Å². The Bertz CT molecular complexity index is 266. The van der Waals surface area contributed by atoms with Gasteiger partial charge in [-0.2, -0.15) is 11.8 Å². The van der Waals surface area contributed by atoms with E-state index in [-0.39, 0.29) is 12.5 Å².